The van der Waals surface area contributed by atoms with Gasteiger partial charge in [-0.05, 0) is 37.6 Å². The van der Waals surface area contributed by atoms with Crippen LogP contribution in [0.25, 0.3) is 0 Å². The number of morpholine rings is 1. The van der Waals surface area contributed by atoms with Crippen molar-refractivity contribution in [3.63, 3.8) is 0 Å². The Morgan fingerprint density at radius 3 is 2.54 bits per heavy atom. The number of rotatable bonds is 6. The highest BCUT2D eigenvalue weighted by Crippen LogP contribution is 2.30. The fraction of sp³-hybridized carbons (Fsp3) is 0.381. The molecule has 0 bridgehead atoms. The Labute approximate surface area is 154 Å². The smallest absolute Gasteiger partial charge is 0.254 e. The predicted molar refractivity (Wildman–Crippen MR) is 99.8 cm³/mol. The van der Waals surface area contributed by atoms with Crippen LogP contribution in [-0.4, -0.2) is 43.7 Å². The van der Waals surface area contributed by atoms with E-state index in [1.54, 1.807) is 18.2 Å². The zero-order valence-corrected chi connectivity index (χ0v) is 15.3. The van der Waals surface area contributed by atoms with Crippen LogP contribution in [-0.2, 0) is 4.74 Å². The summed E-state index contributed by atoms with van der Waals surface area (Å²) in [5, 5.41) is 0. The van der Waals surface area contributed by atoms with E-state index in [2.05, 4.69) is 0 Å². The molecule has 2 aromatic carbocycles. The average Bonchev–Trinajstić information content (AvgIpc) is 2.70. The zero-order chi connectivity index (χ0) is 18.4. The second kappa shape index (κ2) is 8.72. The maximum Gasteiger partial charge on any atom is 0.254 e. The summed E-state index contributed by atoms with van der Waals surface area (Å²) in [6, 6.07) is 15.4. The second-order valence-corrected chi connectivity index (χ2v) is 6.05. The molecule has 1 aliphatic heterocycles. The Balaban J connectivity index is 1.76. The number of benzene rings is 2. The summed E-state index contributed by atoms with van der Waals surface area (Å²) >= 11 is 0. The molecule has 0 saturated carbocycles. The molecule has 1 unspecified atom stereocenters. The third-order valence-electron chi connectivity index (χ3n) is 4.32. The molecule has 138 valence electrons. The summed E-state index contributed by atoms with van der Waals surface area (Å²) in [6.45, 7) is 6.56. The average molecular weight is 355 g/mol. The SMILES string of the molecule is CCOc1ccc(C(=O)N2CCOC(c3ccccc3)C2)cc1OCC. The minimum atomic E-state index is -0.0945. The Morgan fingerprint density at radius 1 is 1.08 bits per heavy atom. The summed E-state index contributed by atoms with van der Waals surface area (Å²) in [7, 11) is 0. The minimum Gasteiger partial charge on any atom is -0.490 e. The molecule has 0 aromatic heterocycles. The van der Waals surface area contributed by atoms with Crippen molar-refractivity contribution in [2.24, 2.45) is 0 Å². The van der Waals surface area contributed by atoms with Crippen LogP contribution in [0.3, 0.4) is 0 Å². The highest BCUT2D eigenvalue weighted by Gasteiger charge is 2.26. The highest BCUT2D eigenvalue weighted by atomic mass is 16.5. The van der Waals surface area contributed by atoms with Gasteiger partial charge in [0.25, 0.3) is 5.91 Å². The largest absolute Gasteiger partial charge is 0.490 e. The first kappa shape index (κ1) is 18.3. The second-order valence-electron chi connectivity index (χ2n) is 6.05. The molecule has 0 spiro atoms. The lowest BCUT2D eigenvalue weighted by Gasteiger charge is -2.33. The summed E-state index contributed by atoms with van der Waals surface area (Å²) in [6.07, 6.45) is -0.0945. The predicted octanol–water partition coefficient (Wildman–Crippen LogP) is 3.70. The van der Waals surface area contributed by atoms with Crippen LogP contribution in [0, 0.1) is 0 Å². The normalized spacial score (nSPS) is 17.0. The monoisotopic (exact) mass is 355 g/mol. The van der Waals surface area contributed by atoms with Crippen molar-refractivity contribution in [2.45, 2.75) is 20.0 Å². The van der Waals surface area contributed by atoms with Crippen molar-refractivity contribution in [3.05, 3.63) is 59.7 Å². The third kappa shape index (κ3) is 4.17. The number of hydrogen-bond donors (Lipinski definition) is 0. The molecule has 1 atom stereocenters. The van der Waals surface area contributed by atoms with E-state index in [0.29, 0.717) is 50.0 Å². The van der Waals surface area contributed by atoms with Crippen LogP contribution >= 0.6 is 0 Å². The summed E-state index contributed by atoms with van der Waals surface area (Å²) in [5.74, 6) is 1.25. The van der Waals surface area contributed by atoms with Gasteiger partial charge in [-0.3, -0.25) is 4.79 Å². The first-order valence-electron chi connectivity index (χ1n) is 9.08. The number of carbonyl (C=O) groups excluding carboxylic acids is 1. The van der Waals surface area contributed by atoms with Gasteiger partial charge in [-0.2, -0.15) is 0 Å². The van der Waals surface area contributed by atoms with Gasteiger partial charge in [-0.1, -0.05) is 30.3 Å². The minimum absolute atomic E-state index is 0.0155. The summed E-state index contributed by atoms with van der Waals surface area (Å²) < 4.78 is 17.1. The topological polar surface area (TPSA) is 48.0 Å². The van der Waals surface area contributed by atoms with Crippen molar-refractivity contribution in [1.82, 2.24) is 4.90 Å². The maximum atomic E-state index is 13.0. The first-order chi connectivity index (χ1) is 12.7. The lowest BCUT2D eigenvalue weighted by Crippen LogP contribution is -2.42. The van der Waals surface area contributed by atoms with Gasteiger partial charge < -0.3 is 19.1 Å². The van der Waals surface area contributed by atoms with Gasteiger partial charge in [-0.15, -0.1) is 0 Å². The van der Waals surface area contributed by atoms with Crippen molar-refractivity contribution in [2.75, 3.05) is 32.9 Å². The molecule has 1 saturated heterocycles. The van der Waals surface area contributed by atoms with Gasteiger partial charge in [0.15, 0.2) is 11.5 Å². The molecule has 5 nitrogen and oxygen atoms in total. The summed E-state index contributed by atoms with van der Waals surface area (Å²) in [5.41, 5.74) is 1.69. The Hall–Kier alpha value is -2.53. The number of ether oxygens (including phenoxy) is 3. The standard InChI is InChI=1S/C21H25NO4/c1-3-24-18-11-10-17(14-19(18)25-4-2)21(23)22-12-13-26-20(15-22)16-8-6-5-7-9-16/h5-11,14,20H,3-4,12-13,15H2,1-2H3. The molecular weight excluding hydrogens is 330 g/mol. The van der Waals surface area contributed by atoms with Gasteiger partial charge >= 0.3 is 0 Å². The number of carbonyl (C=O) groups is 1. The molecule has 2 aromatic rings. The molecule has 5 heteroatoms. The van der Waals surface area contributed by atoms with E-state index in [1.165, 1.54) is 0 Å². The third-order valence-corrected chi connectivity index (χ3v) is 4.32. The number of hydrogen-bond acceptors (Lipinski definition) is 4. The molecule has 0 radical (unpaired) electrons. The molecule has 26 heavy (non-hydrogen) atoms. The van der Waals surface area contributed by atoms with Crippen LogP contribution in [0.1, 0.15) is 35.9 Å². The van der Waals surface area contributed by atoms with E-state index >= 15 is 0 Å². The van der Waals surface area contributed by atoms with E-state index in [0.717, 1.165) is 5.56 Å². The van der Waals surface area contributed by atoms with Crippen LogP contribution in [0.2, 0.25) is 0 Å². The van der Waals surface area contributed by atoms with E-state index < -0.39 is 0 Å². The van der Waals surface area contributed by atoms with Gasteiger partial charge in [0.2, 0.25) is 0 Å². The fourth-order valence-corrected chi connectivity index (χ4v) is 3.07. The van der Waals surface area contributed by atoms with Crippen molar-refractivity contribution >= 4 is 5.91 Å². The number of amides is 1. The molecule has 1 heterocycles. The first-order valence-corrected chi connectivity index (χ1v) is 9.08. The molecular formula is C21H25NO4. The van der Waals surface area contributed by atoms with Crippen LogP contribution in [0.4, 0.5) is 0 Å². The van der Waals surface area contributed by atoms with E-state index in [4.69, 9.17) is 14.2 Å². The number of nitrogens with zero attached hydrogens (tertiary/aromatic N) is 1. The lowest BCUT2D eigenvalue weighted by molar-refractivity contribution is -0.0228. The Bertz CT molecular complexity index is 732. The van der Waals surface area contributed by atoms with Crippen LogP contribution in [0.5, 0.6) is 11.5 Å². The zero-order valence-electron chi connectivity index (χ0n) is 15.3. The molecule has 0 N–H and O–H groups in total. The summed E-state index contributed by atoms with van der Waals surface area (Å²) in [4.78, 5) is 14.8. The van der Waals surface area contributed by atoms with Crippen LogP contribution in [0.15, 0.2) is 48.5 Å². The van der Waals surface area contributed by atoms with Gasteiger partial charge in [0.1, 0.15) is 6.10 Å². The molecule has 1 fully saturated rings. The van der Waals surface area contributed by atoms with Crippen molar-refractivity contribution < 1.29 is 19.0 Å². The molecule has 3 rings (SSSR count). The Morgan fingerprint density at radius 2 is 1.81 bits per heavy atom. The molecule has 0 aliphatic carbocycles. The Kier molecular flexibility index (Phi) is 6.12. The van der Waals surface area contributed by atoms with E-state index in [1.807, 2.05) is 49.1 Å². The lowest BCUT2D eigenvalue weighted by atomic mass is 10.1. The van der Waals surface area contributed by atoms with E-state index in [9.17, 15) is 4.79 Å². The fourth-order valence-electron chi connectivity index (χ4n) is 3.07. The van der Waals surface area contributed by atoms with Crippen molar-refractivity contribution in [1.29, 1.82) is 0 Å². The highest BCUT2D eigenvalue weighted by molar-refractivity contribution is 5.95. The molecule has 1 aliphatic rings. The van der Waals surface area contributed by atoms with E-state index in [-0.39, 0.29) is 12.0 Å². The quantitative estimate of drug-likeness (QED) is 0.793. The van der Waals surface area contributed by atoms with Gasteiger partial charge in [0, 0.05) is 12.1 Å². The van der Waals surface area contributed by atoms with Crippen molar-refractivity contribution in [3.8, 4) is 11.5 Å². The van der Waals surface area contributed by atoms with Crippen LogP contribution < -0.4 is 9.47 Å². The maximum absolute atomic E-state index is 13.0. The van der Waals surface area contributed by atoms with Gasteiger partial charge in [0.05, 0.1) is 26.4 Å². The molecule has 1 amide bonds. The van der Waals surface area contributed by atoms with Gasteiger partial charge in [-0.25, -0.2) is 0 Å².